The molecule has 2 saturated heterocycles. The van der Waals surface area contributed by atoms with E-state index in [2.05, 4.69) is 16.0 Å². The lowest BCUT2D eigenvalue weighted by molar-refractivity contribution is -0.166. The van der Waals surface area contributed by atoms with Crippen molar-refractivity contribution in [2.24, 2.45) is 0 Å². The number of para-hydroxylation sites is 1. The Balaban J connectivity index is 1.38. The molecule has 0 bridgehead atoms. The van der Waals surface area contributed by atoms with Gasteiger partial charge >= 0.3 is 0 Å². The van der Waals surface area contributed by atoms with E-state index in [-0.39, 0.29) is 24.3 Å². The number of piperazine rings is 1. The molecule has 3 aromatic rings. The van der Waals surface area contributed by atoms with Gasteiger partial charge in [0.15, 0.2) is 5.54 Å². The minimum atomic E-state index is -1.08. The summed E-state index contributed by atoms with van der Waals surface area (Å²) in [5.41, 5.74) is 2.72. The van der Waals surface area contributed by atoms with Gasteiger partial charge in [-0.25, -0.2) is 0 Å². The first-order valence-electron chi connectivity index (χ1n) is 12.7. The monoisotopic (exact) mass is 506 g/mol. The van der Waals surface area contributed by atoms with Gasteiger partial charge in [0.2, 0.25) is 5.91 Å². The van der Waals surface area contributed by atoms with E-state index in [1.807, 2.05) is 49.4 Å². The van der Waals surface area contributed by atoms with Gasteiger partial charge in [0, 0.05) is 54.6 Å². The number of benzene rings is 2. The highest BCUT2D eigenvalue weighted by molar-refractivity contribution is 6.31. The summed E-state index contributed by atoms with van der Waals surface area (Å²) >= 11 is 6.66. The second kappa shape index (κ2) is 9.21. The third-order valence-electron chi connectivity index (χ3n) is 8.10. The van der Waals surface area contributed by atoms with Crippen LogP contribution in [-0.4, -0.2) is 84.0 Å². The molecular weight excluding hydrogens is 476 g/mol. The summed E-state index contributed by atoms with van der Waals surface area (Å²) in [6.45, 7) is 7.24. The normalized spacial score (nSPS) is 24.8. The molecule has 3 aliphatic heterocycles. The Morgan fingerprint density at radius 3 is 2.61 bits per heavy atom. The fourth-order valence-electron chi connectivity index (χ4n) is 6.20. The Morgan fingerprint density at radius 1 is 1.06 bits per heavy atom. The number of ether oxygens (including phenoxy) is 1. The van der Waals surface area contributed by atoms with Gasteiger partial charge in [-0.2, -0.15) is 0 Å². The van der Waals surface area contributed by atoms with E-state index in [0.29, 0.717) is 18.1 Å². The molecule has 0 spiro atoms. The highest BCUT2D eigenvalue weighted by Crippen LogP contribution is 2.49. The number of hydrogen-bond donors (Lipinski definition) is 1. The van der Waals surface area contributed by atoms with Crippen LogP contribution >= 0.6 is 11.6 Å². The molecule has 188 valence electrons. The SMILES string of the molecule is C[C@]12C(=O)N(CCCN3CCOCC3)CC(=O)N1C[C@@H](c1ccccc1Cl)c1c2[nH]c2ccccc12. The van der Waals surface area contributed by atoms with Crippen molar-refractivity contribution >= 4 is 34.3 Å². The van der Waals surface area contributed by atoms with E-state index in [4.69, 9.17) is 16.3 Å². The zero-order valence-electron chi connectivity index (χ0n) is 20.5. The fourth-order valence-corrected chi connectivity index (χ4v) is 6.47. The Hall–Kier alpha value is -2.87. The van der Waals surface area contributed by atoms with Crippen molar-refractivity contribution in [2.45, 2.75) is 24.8 Å². The van der Waals surface area contributed by atoms with Gasteiger partial charge < -0.3 is 19.5 Å². The Bertz CT molecular complexity index is 1320. The highest BCUT2D eigenvalue weighted by atomic mass is 35.5. The quantitative estimate of drug-likeness (QED) is 0.574. The molecule has 2 amide bonds. The van der Waals surface area contributed by atoms with Crippen molar-refractivity contribution in [1.29, 1.82) is 0 Å². The number of morpholine rings is 1. The third kappa shape index (κ3) is 3.72. The molecule has 0 aliphatic carbocycles. The maximum absolute atomic E-state index is 14.1. The van der Waals surface area contributed by atoms with E-state index in [0.717, 1.165) is 67.0 Å². The summed E-state index contributed by atoms with van der Waals surface area (Å²) in [4.78, 5) is 37.1. The number of nitrogens with zero attached hydrogens (tertiary/aromatic N) is 3. The number of aromatic nitrogens is 1. The van der Waals surface area contributed by atoms with Crippen molar-refractivity contribution in [1.82, 2.24) is 19.7 Å². The van der Waals surface area contributed by atoms with E-state index in [1.54, 1.807) is 9.80 Å². The molecule has 2 fully saturated rings. The molecule has 8 heteroatoms. The van der Waals surface area contributed by atoms with E-state index >= 15 is 0 Å². The maximum Gasteiger partial charge on any atom is 0.254 e. The summed E-state index contributed by atoms with van der Waals surface area (Å²) < 4.78 is 5.44. The van der Waals surface area contributed by atoms with Crippen LogP contribution in [0.4, 0.5) is 0 Å². The zero-order chi connectivity index (χ0) is 24.9. The Kier molecular flexibility index (Phi) is 6.02. The van der Waals surface area contributed by atoms with E-state index in [1.165, 1.54) is 0 Å². The van der Waals surface area contributed by atoms with Crippen LogP contribution in [0.5, 0.6) is 0 Å². The zero-order valence-corrected chi connectivity index (χ0v) is 21.3. The molecule has 36 heavy (non-hydrogen) atoms. The standard InChI is InChI=1S/C28H31ClN4O3/c1-28-26-25(20-8-3-5-10-23(20)30-26)21(19-7-2-4-9-22(19)29)17-33(28)24(34)18-32(27(28)35)12-6-11-31-13-15-36-16-14-31/h2-5,7-10,21,30H,6,11-18H2,1H3/t21-,28-/m0/s1. The molecule has 2 aromatic carbocycles. The number of halogens is 1. The van der Waals surface area contributed by atoms with Crippen LogP contribution in [0.15, 0.2) is 48.5 Å². The molecule has 3 aliphatic rings. The van der Waals surface area contributed by atoms with Gasteiger partial charge in [-0.3, -0.25) is 14.5 Å². The van der Waals surface area contributed by atoms with Crippen molar-refractivity contribution < 1.29 is 14.3 Å². The van der Waals surface area contributed by atoms with Crippen LogP contribution in [0.3, 0.4) is 0 Å². The first-order chi connectivity index (χ1) is 17.5. The number of nitrogens with one attached hydrogen (secondary N) is 1. The lowest BCUT2D eigenvalue weighted by Gasteiger charge is -2.51. The molecule has 6 rings (SSSR count). The van der Waals surface area contributed by atoms with E-state index in [9.17, 15) is 9.59 Å². The minimum Gasteiger partial charge on any atom is -0.379 e. The van der Waals surface area contributed by atoms with Crippen molar-refractivity contribution in [3.8, 4) is 0 Å². The van der Waals surface area contributed by atoms with Gasteiger partial charge in [0.25, 0.3) is 5.91 Å². The molecule has 0 unspecified atom stereocenters. The van der Waals surface area contributed by atoms with Crippen LogP contribution in [-0.2, 0) is 19.9 Å². The summed E-state index contributed by atoms with van der Waals surface area (Å²) in [6, 6.07) is 15.9. The number of amides is 2. The number of carbonyl (C=O) groups is 2. The van der Waals surface area contributed by atoms with Gasteiger partial charge in [0.1, 0.15) is 0 Å². The summed E-state index contributed by atoms with van der Waals surface area (Å²) in [5.74, 6) is -0.165. The predicted octanol–water partition coefficient (Wildman–Crippen LogP) is 3.58. The summed E-state index contributed by atoms with van der Waals surface area (Å²) in [6.07, 6.45) is 0.830. The predicted molar refractivity (Wildman–Crippen MR) is 139 cm³/mol. The number of fused-ring (bicyclic) bond motifs is 5. The van der Waals surface area contributed by atoms with Crippen LogP contribution in [0.2, 0.25) is 5.02 Å². The number of carbonyl (C=O) groups excluding carboxylic acids is 2. The lowest BCUT2D eigenvalue weighted by atomic mass is 9.76. The first kappa shape index (κ1) is 23.5. The van der Waals surface area contributed by atoms with Gasteiger partial charge in [-0.1, -0.05) is 48.0 Å². The maximum atomic E-state index is 14.1. The third-order valence-corrected chi connectivity index (χ3v) is 8.45. The average Bonchev–Trinajstić information content (AvgIpc) is 3.29. The molecule has 0 radical (unpaired) electrons. The van der Waals surface area contributed by atoms with Crippen molar-refractivity contribution in [3.63, 3.8) is 0 Å². The molecule has 2 atom stereocenters. The van der Waals surface area contributed by atoms with Crippen molar-refractivity contribution in [2.75, 3.05) is 52.5 Å². The smallest absolute Gasteiger partial charge is 0.254 e. The molecule has 0 saturated carbocycles. The van der Waals surface area contributed by atoms with Gasteiger partial charge in [-0.05, 0) is 36.6 Å². The second-order valence-corrected chi connectivity index (χ2v) is 10.6. The van der Waals surface area contributed by atoms with Crippen LogP contribution in [0, 0.1) is 0 Å². The second-order valence-electron chi connectivity index (χ2n) is 10.1. The van der Waals surface area contributed by atoms with Crippen molar-refractivity contribution in [3.05, 3.63) is 70.4 Å². The van der Waals surface area contributed by atoms with Gasteiger partial charge in [0.05, 0.1) is 25.5 Å². The fraction of sp³-hybridized carbons (Fsp3) is 0.429. The molecule has 1 N–H and O–H groups in total. The minimum absolute atomic E-state index is 0.0190. The summed E-state index contributed by atoms with van der Waals surface area (Å²) in [5, 5.41) is 1.74. The Labute approximate surface area is 215 Å². The van der Waals surface area contributed by atoms with Crippen LogP contribution < -0.4 is 0 Å². The molecular formula is C28H31ClN4O3. The average molecular weight is 507 g/mol. The lowest BCUT2D eigenvalue weighted by Crippen LogP contribution is -2.67. The van der Waals surface area contributed by atoms with Gasteiger partial charge in [-0.15, -0.1) is 0 Å². The topological polar surface area (TPSA) is 68.9 Å². The Morgan fingerprint density at radius 2 is 1.81 bits per heavy atom. The highest BCUT2D eigenvalue weighted by Gasteiger charge is 2.56. The first-order valence-corrected chi connectivity index (χ1v) is 13.1. The summed E-state index contributed by atoms with van der Waals surface area (Å²) in [7, 11) is 0. The van der Waals surface area contributed by atoms with E-state index < -0.39 is 5.54 Å². The molecule has 4 heterocycles. The molecule has 1 aromatic heterocycles. The van der Waals surface area contributed by atoms with Crippen LogP contribution in [0.1, 0.15) is 36.1 Å². The largest absolute Gasteiger partial charge is 0.379 e. The number of aromatic amines is 1. The number of hydrogen-bond acceptors (Lipinski definition) is 4. The number of rotatable bonds is 5. The van der Waals surface area contributed by atoms with Crippen LogP contribution in [0.25, 0.3) is 10.9 Å². The molecule has 7 nitrogen and oxygen atoms in total. The number of H-pyrrole nitrogens is 1.